The van der Waals surface area contributed by atoms with Crippen molar-refractivity contribution in [2.75, 3.05) is 13.7 Å². The SMILES string of the molecule is C=Cc1ccc(CC(=O)N2CCCCC2C)c(OC)c1. The van der Waals surface area contributed by atoms with Crippen LogP contribution >= 0.6 is 0 Å². The van der Waals surface area contributed by atoms with Crippen LogP contribution in [0.5, 0.6) is 5.75 Å². The van der Waals surface area contributed by atoms with Crippen LogP contribution < -0.4 is 4.74 Å². The van der Waals surface area contributed by atoms with E-state index in [2.05, 4.69) is 13.5 Å². The van der Waals surface area contributed by atoms with E-state index in [0.717, 1.165) is 36.3 Å². The molecule has 0 N–H and O–H groups in total. The summed E-state index contributed by atoms with van der Waals surface area (Å²) in [6.07, 6.45) is 5.63. The third-order valence-electron chi connectivity index (χ3n) is 4.01. The molecule has 0 radical (unpaired) electrons. The van der Waals surface area contributed by atoms with Gasteiger partial charge in [-0.15, -0.1) is 0 Å². The quantitative estimate of drug-likeness (QED) is 0.842. The zero-order valence-electron chi connectivity index (χ0n) is 12.4. The Bertz CT molecular complexity index is 496. The van der Waals surface area contributed by atoms with Gasteiger partial charge in [-0.05, 0) is 37.8 Å². The van der Waals surface area contributed by atoms with Crippen molar-refractivity contribution < 1.29 is 9.53 Å². The molecular weight excluding hydrogens is 250 g/mol. The third kappa shape index (κ3) is 3.21. The van der Waals surface area contributed by atoms with Crippen molar-refractivity contribution in [1.29, 1.82) is 0 Å². The summed E-state index contributed by atoms with van der Waals surface area (Å²) in [5.74, 6) is 0.960. The molecule has 0 aliphatic carbocycles. The van der Waals surface area contributed by atoms with Gasteiger partial charge < -0.3 is 9.64 Å². The van der Waals surface area contributed by atoms with Gasteiger partial charge in [-0.3, -0.25) is 4.79 Å². The number of piperidine rings is 1. The first-order valence-electron chi connectivity index (χ1n) is 7.24. The fraction of sp³-hybridized carbons (Fsp3) is 0.471. The van der Waals surface area contributed by atoms with Gasteiger partial charge in [0.2, 0.25) is 5.91 Å². The monoisotopic (exact) mass is 273 g/mol. The lowest BCUT2D eigenvalue weighted by Gasteiger charge is -2.33. The summed E-state index contributed by atoms with van der Waals surface area (Å²) in [6, 6.07) is 6.21. The summed E-state index contributed by atoms with van der Waals surface area (Å²) in [6.45, 7) is 6.77. The highest BCUT2D eigenvalue weighted by Crippen LogP contribution is 2.24. The number of hydrogen-bond acceptors (Lipinski definition) is 2. The highest BCUT2D eigenvalue weighted by atomic mass is 16.5. The van der Waals surface area contributed by atoms with Gasteiger partial charge in [-0.25, -0.2) is 0 Å². The van der Waals surface area contributed by atoms with Crippen molar-refractivity contribution in [1.82, 2.24) is 4.90 Å². The second kappa shape index (κ2) is 6.60. The van der Waals surface area contributed by atoms with E-state index < -0.39 is 0 Å². The fourth-order valence-electron chi connectivity index (χ4n) is 2.77. The Hall–Kier alpha value is -1.77. The van der Waals surface area contributed by atoms with Gasteiger partial charge in [0.15, 0.2) is 0 Å². The number of hydrogen-bond donors (Lipinski definition) is 0. The standard InChI is InChI=1S/C17H23NO2/c1-4-14-8-9-15(16(11-14)20-3)12-17(19)18-10-6-5-7-13(18)2/h4,8-9,11,13H,1,5-7,10,12H2,2-3H3. The summed E-state index contributed by atoms with van der Waals surface area (Å²) in [4.78, 5) is 14.5. The number of rotatable bonds is 4. The van der Waals surface area contributed by atoms with Crippen LogP contribution in [0.4, 0.5) is 0 Å². The molecule has 1 aromatic rings. The fourth-order valence-corrected chi connectivity index (χ4v) is 2.77. The molecule has 0 spiro atoms. The largest absolute Gasteiger partial charge is 0.496 e. The lowest BCUT2D eigenvalue weighted by molar-refractivity contribution is -0.133. The van der Waals surface area contributed by atoms with E-state index in [1.165, 1.54) is 6.42 Å². The molecule has 3 heteroatoms. The average molecular weight is 273 g/mol. The number of benzene rings is 1. The number of nitrogens with zero attached hydrogens (tertiary/aromatic N) is 1. The molecule has 0 saturated carbocycles. The summed E-state index contributed by atoms with van der Waals surface area (Å²) in [5, 5.41) is 0. The minimum atomic E-state index is 0.196. The molecule has 108 valence electrons. The van der Waals surface area contributed by atoms with Crippen molar-refractivity contribution in [3.63, 3.8) is 0 Å². The molecule has 1 amide bonds. The van der Waals surface area contributed by atoms with Crippen LogP contribution in [0.25, 0.3) is 6.08 Å². The second-order valence-corrected chi connectivity index (χ2v) is 5.38. The maximum Gasteiger partial charge on any atom is 0.227 e. The number of carbonyl (C=O) groups excluding carboxylic acids is 1. The molecule has 0 bridgehead atoms. The van der Waals surface area contributed by atoms with Crippen molar-refractivity contribution in [3.05, 3.63) is 35.9 Å². The summed E-state index contributed by atoms with van der Waals surface area (Å²) < 4.78 is 5.38. The molecule has 1 atom stereocenters. The molecule has 1 unspecified atom stereocenters. The maximum absolute atomic E-state index is 12.5. The van der Waals surface area contributed by atoms with Gasteiger partial charge in [0, 0.05) is 18.2 Å². The van der Waals surface area contributed by atoms with E-state index in [0.29, 0.717) is 12.5 Å². The van der Waals surface area contributed by atoms with E-state index in [1.807, 2.05) is 23.1 Å². The number of methoxy groups -OCH3 is 1. The van der Waals surface area contributed by atoms with E-state index >= 15 is 0 Å². The highest BCUT2D eigenvalue weighted by Gasteiger charge is 2.23. The van der Waals surface area contributed by atoms with Crippen LogP contribution in [-0.2, 0) is 11.2 Å². The Kier molecular flexibility index (Phi) is 4.83. The number of likely N-dealkylation sites (tertiary alicyclic amines) is 1. The minimum absolute atomic E-state index is 0.196. The predicted octanol–water partition coefficient (Wildman–Crippen LogP) is 3.28. The summed E-state index contributed by atoms with van der Waals surface area (Å²) >= 11 is 0. The zero-order chi connectivity index (χ0) is 14.5. The van der Waals surface area contributed by atoms with Crippen LogP contribution in [0, 0.1) is 0 Å². The van der Waals surface area contributed by atoms with Crippen molar-refractivity contribution in [2.45, 2.75) is 38.6 Å². The van der Waals surface area contributed by atoms with Crippen molar-refractivity contribution >= 4 is 12.0 Å². The Morgan fingerprint density at radius 3 is 2.95 bits per heavy atom. The Morgan fingerprint density at radius 2 is 2.30 bits per heavy atom. The summed E-state index contributed by atoms with van der Waals surface area (Å²) in [7, 11) is 1.64. The second-order valence-electron chi connectivity index (χ2n) is 5.38. The molecule has 3 nitrogen and oxygen atoms in total. The molecule has 1 aromatic carbocycles. The lowest BCUT2D eigenvalue weighted by Crippen LogP contribution is -2.42. The van der Waals surface area contributed by atoms with Gasteiger partial charge in [0.1, 0.15) is 5.75 Å². The first-order valence-corrected chi connectivity index (χ1v) is 7.24. The molecule has 1 fully saturated rings. The smallest absolute Gasteiger partial charge is 0.227 e. The molecule has 1 heterocycles. The van der Waals surface area contributed by atoms with Gasteiger partial charge >= 0.3 is 0 Å². The van der Waals surface area contributed by atoms with Crippen LogP contribution in [0.2, 0.25) is 0 Å². The van der Waals surface area contributed by atoms with Crippen LogP contribution in [-0.4, -0.2) is 30.5 Å². The van der Waals surface area contributed by atoms with Crippen molar-refractivity contribution in [2.24, 2.45) is 0 Å². The number of ether oxygens (including phenoxy) is 1. The van der Waals surface area contributed by atoms with Crippen molar-refractivity contribution in [3.8, 4) is 5.75 Å². The lowest BCUT2D eigenvalue weighted by atomic mass is 10.0. The molecular formula is C17H23NO2. The van der Waals surface area contributed by atoms with Gasteiger partial charge in [-0.2, -0.15) is 0 Å². The Morgan fingerprint density at radius 1 is 1.50 bits per heavy atom. The third-order valence-corrected chi connectivity index (χ3v) is 4.01. The minimum Gasteiger partial charge on any atom is -0.496 e. The molecule has 1 aliphatic heterocycles. The van der Waals surface area contributed by atoms with E-state index in [9.17, 15) is 4.79 Å². The molecule has 0 aromatic heterocycles. The normalized spacial score (nSPS) is 18.7. The van der Waals surface area contributed by atoms with E-state index in [1.54, 1.807) is 13.2 Å². The maximum atomic E-state index is 12.5. The van der Waals surface area contributed by atoms with Crippen LogP contribution in [0.3, 0.4) is 0 Å². The van der Waals surface area contributed by atoms with Gasteiger partial charge in [0.25, 0.3) is 0 Å². The van der Waals surface area contributed by atoms with E-state index in [4.69, 9.17) is 4.74 Å². The summed E-state index contributed by atoms with van der Waals surface area (Å²) in [5.41, 5.74) is 1.95. The molecule has 2 rings (SSSR count). The first kappa shape index (κ1) is 14.6. The number of carbonyl (C=O) groups is 1. The molecule has 1 saturated heterocycles. The van der Waals surface area contributed by atoms with Gasteiger partial charge in [-0.1, -0.05) is 24.8 Å². The predicted molar refractivity (Wildman–Crippen MR) is 81.8 cm³/mol. The van der Waals surface area contributed by atoms with Crippen LogP contribution in [0.15, 0.2) is 24.8 Å². The molecule has 1 aliphatic rings. The first-order chi connectivity index (χ1) is 9.65. The average Bonchev–Trinajstić information content (AvgIpc) is 2.48. The van der Waals surface area contributed by atoms with E-state index in [-0.39, 0.29) is 5.91 Å². The van der Waals surface area contributed by atoms with Crippen LogP contribution in [0.1, 0.15) is 37.3 Å². The zero-order valence-corrected chi connectivity index (χ0v) is 12.4. The molecule has 20 heavy (non-hydrogen) atoms. The Balaban J connectivity index is 2.12. The topological polar surface area (TPSA) is 29.5 Å². The Labute approximate surface area is 121 Å². The number of amides is 1. The highest BCUT2D eigenvalue weighted by molar-refractivity contribution is 5.80. The van der Waals surface area contributed by atoms with Gasteiger partial charge in [0.05, 0.1) is 13.5 Å².